The summed E-state index contributed by atoms with van der Waals surface area (Å²) in [7, 11) is 1.51. The maximum absolute atomic E-state index is 12.8. The zero-order valence-electron chi connectivity index (χ0n) is 15.5. The summed E-state index contributed by atoms with van der Waals surface area (Å²) in [6.07, 6.45) is 0.105. The number of anilines is 3. The summed E-state index contributed by atoms with van der Waals surface area (Å²) >= 11 is 5.89. The van der Waals surface area contributed by atoms with E-state index in [1.165, 1.54) is 14.0 Å². The molecule has 0 radical (unpaired) electrons. The summed E-state index contributed by atoms with van der Waals surface area (Å²) < 4.78 is 5.19. The SMILES string of the molecule is COc1ccc(NC(C)=O)c(NC(=O)C2CC(=O)N(c3ccc(Cl)cc3)C2)c1. The molecule has 1 atom stereocenters. The summed E-state index contributed by atoms with van der Waals surface area (Å²) in [4.78, 5) is 38.1. The summed E-state index contributed by atoms with van der Waals surface area (Å²) in [5.41, 5.74) is 1.57. The van der Waals surface area contributed by atoms with E-state index in [1.807, 2.05) is 0 Å². The van der Waals surface area contributed by atoms with Crippen LogP contribution in [0.4, 0.5) is 17.1 Å². The molecule has 1 aliphatic rings. The van der Waals surface area contributed by atoms with Crippen molar-refractivity contribution in [2.45, 2.75) is 13.3 Å². The van der Waals surface area contributed by atoms with Gasteiger partial charge in [-0.1, -0.05) is 11.6 Å². The number of nitrogens with one attached hydrogen (secondary N) is 2. The van der Waals surface area contributed by atoms with Gasteiger partial charge in [0.15, 0.2) is 0 Å². The van der Waals surface area contributed by atoms with E-state index in [0.29, 0.717) is 27.8 Å². The highest BCUT2D eigenvalue weighted by atomic mass is 35.5. The molecule has 0 saturated carbocycles. The molecule has 2 aromatic carbocycles. The van der Waals surface area contributed by atoms with Crippen LogP contribution >= 0.6 is 11.6 Å². The van der Waals surface area contributed by atoms with E-state index in [0.717, 1.165) is 0 Å². The maximum atomic E-state index is 12.8. The lowest BCUT2D eigenvalue weighted by molar-refractivity contribution is -0.122. The second-order valence-corrected chi connectivity index (χ2v) is 6.90. The van der Waals surface area contributed by atoms with Crippen molar-refractivity contribution in [2.75, 3.05) is 29.2 Å². The van der Waals surface area contributed by atoms with Crippen LogP contribution in [0.5, 0.6) is 5.75 Å². The Labute approximate surface area is 167 Å². The molecule has 2 N–H and O–H groups in total. The number of ether oxygens (including phenoxy) is 1. The summed E-state index contributed by atoms with van der Waals surface area (Å²) in [5, 5.41) is 6.05. The standard InChI is InChI=1S/C20H20ClN3O4/c1-12(25)22-17-8-7-16(28-2)10-18(17)23-20(27)13-9-19(26)24(11-13)15-5-3-14(21)4-6-15/h3-8,10,13H,9,11H2,1-2H3,(H,22,25)(H,23,27). The molecule has 0 aliphatic carbocycles. The van der Waals surface area contributed by atoms with Crippen LogP contribution < -0.4 is 20.3 Å². The Morgan fingerprint density at radius 2 is 1.82 bits per heavy atom. The van der Waals surface area contributed by atoms with E-state index in [2.05, 4.69) is 10.6 Å². The van der Waals surface area contributed by atoms with Crippen LogP contribution in [0.2, 0.25) is 5.02 Å². The van der Waals surface area contributed by atoms with Gasteiger partial charge in [-0.25, -0.2) is 0 Å². The second-order valence-electron chi connectivity index (χ2n) is 6.46. The Morgan fingerprint density at radius 3 is 2.46 bits per heavy atom. The van der Waals surface area contributed by atoms with Crippen LogP contribution in [0.3, 0.4) is 0 Å². The number of carbonyl (C=O) groups is 3. The third kappa shape index (κ3) is 4.43. The van der Waals surface area contributed by atoms with Gasteiger partial charge in [0.05, 0.1) is 24.4 Å². The molecule has 7 nitrogen and oxygen atoms in total. The molecule has 0 bridgehead atoms. The van der Waals surface area contributed by atoms with Crippen molar-refractivity contribution >= 4 is 46.4 Å². The van der Waals surface area contributed by atoms with Crippen molar-refractivity contribution in [2.24, 2.45) is 5.92 Å². The molecule has 0 aromatic heterocycles. The van der Waals surface area contributed by atoms with Crippen molar-refractivity contribution in [3.63, 3.8) is 0 Å². The molecular formula is C20H20ClN3O4. The molecule has 1 saturated heterocycles. The van der Waals surface area contributed by atoms with E-state index in [1.54, 1.807) is 47.4 Å². The fraction of sp³-hybridized carbons (Fsp3) is 0.250. The van der Waals surface area contributed by atoms with Crippen LogP contribution in [0.1, 0.15) is 13.3 Å². The summed E-state index contributed by atoms with van der Waals surface area (Å²) in [5.74, 6) is -0.667. The number of methoxy groups -OCH3 is 1. The second kappa shape index (κ2) is 8.31. The number of halogens is 1. The molecule has 3 rings (SSSR count). The molecule has 28 heavy (non-hydrogen) atoms. The first-order chi connectivity index (χ1) is 13.4. The fourth-order valence-corrected chi connectivity index (χ4v) is 3.17. The molecule has 1 unspecified atom stereocenters. The van der Waals surface area contributed by atoms with Gasteiger partial charge in [-0.2, -0.15) is 0 Å². The Bertz CT molecular complexity index is 914. The van der Waals surface area contributed by atoms with Crippen molar-refractivity contribution in [1.82, 2.24) is 0 Å². The van der Waals surface area contributed by atoms with Crippen molar-refractivity contribution in [3.05, 3.63) is 47.5 Å². The zero-order valence-corrected chi connectivity index (χ0v) is 16.2. The molecule has 3 amide bonds. The first-order valence-electron chi connectivity index (χ1n) is 8.70. The molecule has 0 spiro atoms. The molecule has 2 aromatic rings. The minimum atomic E-state index is -0.514. The first-order valence-corrected chi connectivity index (χ1v) is 9.07. The lowest BCUT2D eigenvalue weighted by Crippen LogP contribution is -2.28. The number of benzene rings is 2. The van der Waals surface area contributed by atoms with Gasteiger partial charge in [-0.3, -0.25) is 14.4 Å². The van der Waals surface area contributed by atoms with E-state index < -0.39 is 5.92 Å². The molecule has 1 aliphatic heterocycles. The smallest absolute Gasteiger partial charge is 0.229 e. The van der Waals surface area contributed by atoms with Gasteiger partial charge >= 0.3 is 0 Å². The monoisotopic (exact) mass is 401 g/mol. The Kier molecular flexibility index (Phi) is 5.84. The van der Waals surface area contributed by atoms with Gasteiger partial charge in [-0.15, -0.1) is 0 Å². The van der Waals surface area contributed by atoms with Gasteiger partial charge in [0.1, 0.15) is 5.75 Å². The lowest BCUT2D eigenvalue weighted by Gasteiger charge is -2.17. The Hall–Kier alpha value is -3.06. The van der Waals surface area contributed by atoms with Crippen LogP contribution in [0, 0.1) is 5.92 Å². The van der Waals surface area contributed by atoms with E-state index in [4.69, 9.17) is 16.3 Å². The van der Waals surface area contributed by atoms with Gasteiger partial charge in [-0.05, 0) is 36.4 Å². The number of carbonyl (C=O) groups excluding carboxylic acids is 3. The highest BCUT2D eigenvalue weighted by molar-refractivity contribution is 6.30. The van der Waals surface area contributed by atoms with Gasteiger partial charge in [0.2, 0.25) is 17.7 Å². The molecule has 8 heteroatoms. The third-order valence-corrected chi connectivity index (χ3v) is 4.68. The molecule has 1 heterocycles. The Morgan fingerprint density at radius 1 is 1.11 bits per heavy atom. The molecule has 146 valence electrons. The number of amides is 3. The number of hydrogen-bond acceptors (Lipinski definition) is 4. The minimum Gasteiger partial charge on any atom is -0.497 e. The average Bonchev–Trinajstić information content (AvgIpc) is 3.05. The van der Waals surface area contributed by atoms with Gasteiger partial charge in [0, 0.05) is 36.7 Å². The van der Waals surface area contributed by atoms with E-state index >= 15 is 0 Å². The van der Waals surface area contributed by atoms with Crippen molar-refractivity contribution < 1.29 is 19.1 Å². The lowest BCUT2D eigenvalue weighted by atomic mass is 10.1. The Balaban J connectivity index is 1.75. The summed E-state index contributed by atoms with van der Waals surface area (Å²) in [6, 6.07) is 11.9. The van der Waals surface area contributed by atoms with Crippen LogP contribution in [-0.4, -0.2) is 31.4 Å². The van der Waals surface area contributed by atoms with E-state index in [-0.39, 0.29) is 30.7 Å². The van der Waals surface area contributed by atoms with Crippen LogP contribution in [0.15, 0.2) is 42.5 Å². The molecular weight excluding hydrogens is 382 g/mol. The fourth-order valence-electron chi connectivity index (χ4n) is 3.04. The predicted octanol–water partition coefficient (Wildman–Crippen LogP) is 3.30. The first kappa shape index (κ1) is 19.7. The minimum absolute atomic E-state index is 0.105. The van der Waals surface area contributed by atoms with Crippen LogP contribution in [-0.2, 0) is 14.4 Å². The number of rotatable bonds is 5. The van der Waals surface area contributed by atoms with Crippen molar-refractivity contribution in [1.29, 1.82) is 0 Å². The number of hydrogen-bond donors (Lipinski definition) is 2. The largest absolute Gasteiger partial charge is 0.497 e. The highest BCUT2D eigenvalue weighted by Gasteiger charge is 2.35. The molecule has 1 fully saturated rings. The van der Waals surface area contributed by atoms with Gasteiger partial charge in [0.25, 0.3) is 0 Å². The predicted molar refractivity (Wildman–Crippen MR) is 108 cm³/mol. The third-order valence-electron chi connectivity index (χ3n) is 4.43. The quantitative estimate of drug-likeness (QED) is 0.804. The topological polar surface area (TPSA) is 87.7 Å². The van der Waals surface area contributed by atoms with E-state index in [9.17, 15) is 14.4 Å². The normalized spacial score (nSPS) is 16.0. The highest BCUT2D eigenvalue weighted by Crippen LogP contribution is 2.30. The zero-order chi connectivity index (χ0) is 20.3. The maximum Gasteiger partial charge on any atom is 0.229 e. The van der Waals surface area contributed by atoms with Crippen molar-refractivity contribution in [3.8, 4) is 5.75 Å². The van der Waals surface area contributed by atoms with Gasteiger partial charge < -0.3 is 20.3 Å². The number of nitrogens with zero attached hydrogens (tertiary/aromatic N) is 1. The average molecular weight is 402 g/mol. The summed E-state index contributed by atoms with van der Waals surface area (Å²) in [6.45, 7) is 1.65. The van der Waals surface area contributed by atoms with Crippen LogP contribution in [0.25, 0.3) is 0 Å².